The van der Waals surface area contributed by atoms with Gasteiger partial charge in [0.15, 0.2) is 17.7 Å². The Kier molecular flexibility index (Phi) is 16.8. The molecule has 2 aliphatic heterocycles. The molecule has 8 atom stereocenters. The average Bonchev–Trinajstić information content (AvgIpc) is 3.30. The molecule has 3 fully saturated rings. The highest BCUT2D eigenvalue weighted by Crippen LogP contribution is 2.45. The third-order valence-corrected chi connectivity index (χ3v) is 9.92. The Labute approximate surface area is 258 Å². The fourth-order valence-corrected chi connectivity index (χ4v) is 7.48. The summed E-state index contributed by atoms with van der Waals surface area (Å²) in [4.78, 5) is 23.8. The molecule has 1 aliphatic carbocycles. The third kappa shape index (κ3) is 12.4. The second kappa shape index (κ2) is 20.0. The third-order valence-electron chi connectivity index (χ3n) is 8.75. The molecule has 1 saturated carbocycles. The van der Waals surface area contributed by atoms with Crippen LogP contribution in [0.1, 0.15) is 111 Å². The van der Waals surface area contributed by atoms with Crippen LogP contribution < -0.4 is 0 Å². The highest BCUT2D eigenvalue weighted by molar-refractivity contribution is 8.14. The molecule has 0 aromatic rings. The lowest BCUT2D eigenvalue weighted by Gasteiger charge is -2.31. The van der Waals surface area contributed by atoms with Crippen molar-refractivity contribution in [2.45, 2.75) is 141 Å². The maximum Gasteiger partial charge on any atom is 0.305 e. The summed E-state index contributed by atoms with van der Waals surface area (Å²) < 4.78 is 30.0. The summed E-state index contributed by atoms with van der Waals surface area (Å²) >= 11 is 1.46. The van der Waals surface area contributed by atoms with E-state index < -0.39 is 0 Å². The summed E-state index contributed by atoms with van der Waals surface area (Å²) in [5.74, 6) is 0.600. The fraction of sp³-hybridized carbons (Fsp3) is 0.824. The lowest BCUT2D eigenvalue weighted by atomic mass is 9.89. The van der Waals surface area contributed by atoms with Gasteiger partial charge in [0, 0.05) is 37.7 Å². The molecule has 0 N–H and O–H groups in total. The maximum absolute atomic E-state index is 12.3. The second-order valence-electron chi connectivity index (χ2n) is 12.2. The molecule has 2 unspecified atom stereocenters. The molecule has 0 amide bonds. The van der Waals surface area contributed by atoms with Gasteiger partial charge in [-0.25, -0.2) is 0 Å². The van der Waals surface area contributed by atoms with Gasteiger partial charge in [-0.05, 0) is 82.5 Å². The lowest BCUT2D eigenvalue weighted by molar-refractivity contribution is -0.193. The van der Waals surface area contributed by atoms with Gasteiger partial charge in [-0.3, -0.25) is 9.59 Å². The van der Waals surface area contributed by atoms with E-state index in [4.69, 9.17) is 23.7 Å². The van der Waals surface area contributed by atoms with Crippen molar-refractivity contribution in [3.8, 4) is 0 Å². The van der Waals surface area contributed by atoms with E-state index in [1.165, 1.54) is 31.7 Å². The summed E-state index contributed by atoms with van der Waals surface area (Å²) in [6, 6.07) is 0. The number of rotatable bonds is 17. The number of thioether (sulfide) groups is 1. The molecule has 3 rings (SSSR count). The predicted octanol–water partition coefficient (Wildman–Crippen LogP) is 7.77. The summed E-state index contributed by atoms with van der Waals surface area (Å²) in [7, 11) is 1.43. The molecule has 240 valence electrons. The SMILES string of the molecule is CCCC[C@H](C)[C@@H](/C=C/[C@@H]1[C@@H](C/C=C\CCCC(=O)OC)[C@@H](SC(C)=O)C[C@H]1OC1CCCCO1)OC1CCCCO1. The minimum Gasteiger partial charge on any atom is -0.469 e. The van der Waals surface area contributed by atoms with Crippen LogP contribution in [0.4, 0.5) is 0 Å². The lowest BCUT2D eigenvalue weighted by Crippen LogP contribution is -2.32. The number of unbranched alkanes of at least 4 members (excludes halogenated alkanes) is 2. The van der Waals surface area contributed by atoms with E-state index in [0.717, 1.165) is 83.8 Å². The van der Waals surface area contributed by atoms with E-state index in [0.29, 0.717) is 12.3 Å². The zero-order valence-corrected chi connectivity index (χ0v) is 27.3. The highest BCUT2D eigenvalue weighted by atomic mass is 32.2. The van der Waals surface area contributed by atoms with E-state index in [2.05, 4.69) is 38.2 Å². The van der Waals surface area contributed by atoms with Crippen molar-refractivity contribution >= 4 is 22.8 Å². The first-order chi connectivity index (χ1) is 20.4. The van der Waals surface area contributed by atoms with Crippen molar-refractivity contribution < 1.29 is 33.3 Å². The number of esters is 1. The molecule has 0 bridgehead atoms. The van der Waals surface area contributed by atoms with Crippen molar-refractivity contribution in [1.29, 1.82) is 0 Å². The van der Waals surface area contributed by atoms with Gasteiger partial charge in [-0.1, -0.05) is 62.8 Å². The monoisotopic (exact) mass is 608 g/mol. The van der Waals surface area contributed by atoms with Crippen molar-refractivity contribution in [2.75, 3.05) is 20.3 Å². The first-order valence-electron chi connectivity index (χ1n) is 16.5. The van der Waals surface area contributed by atoms with Gasteiger partial charge in [0.2, 0.25) is 0 Å². The fourth-order valence-electron chi connectivity index (χ4n) is 6.30. The quantitative estimate of drug-likeness (QED) is 0.0941. The number of hydrogen-bond acceptors (Lipinski definition) is 8. The summed E-state index contributed by atoms with van der Waals surface area (Å²) in [5.41, 5.74) is 0. The normalized spacial score (nSPS) is 30.1. The maximum atomic E-state index is 12.3. The first-order valence-corrected chi connectivity index (χ1v) is 17.4. The van der Waals surface area contributed by atoms with E-state index >= 15 is 0 Å². The molecule has 2 saturated heterocycles. The van der Waals surface area contributed by atoms with Crippen LogP contribution in [-0.2, 0) is 33.3 Å². The summed E-state index contributed by atoms with van der Waals surface area (Å²) in [5, 5.41) is 0.317. The standard InChI is InChI=1S/C34H56O7S/c1-5-6-15-25(2)29(40-33-18-11-13-22-38-33)21-20-27-28(16-9-7-8-10-17-32(36)37-4)31(42-26(3)35)24-30(27)41-34-19-12-14-23-39-34/h7,9,20-21,25,27-31,33-34H,5-6,8,10-19,22-24H2,1-4H3/b9-7-,21-20+/t25-,27+,28+,29+,30+,31-,33?,34?/m0/s1. The van der Waals surface area contributed by atoms with Gasteiger partial charge in [-0.15, -0.1) is 0 Å². The van der Waals surface area contributed by atoms with Crippen LogP contribution in [0.15, 0.2) is 24.3 Å². The van der Waals surface area contributed by atoms with Crippen LogP contribution in [0.5, 0.6) is 0 Å². The largest absolute Gasteiger partial charge is 0.469 e. The van der Waals surface area contributed by atoms with Gasteiger partial charge in [0.05, 0.1) is 19.3 Å². The van der Waals surface area contributed by atoms with Crippen LogP contribution in [-0.4, -0.2) is 61.4 Å². The van der Waals surface area contributed by atoms with Crippen LogP contribution in [0.25, 0.3) is 0 Å². The van der Waals surface area contributed by atoms with E-state index in [1.54, 1.807) is 6.92 Å². The van der Waals surface area contributed by atoms with Gasteiger partial charge in [-0.2, -0.15) is 0 Å². The number of carbonyl (C=O) groups excluding carboxylic acids is 2. The van der Waals surface area contributed by atoms with Crippen LogP contribution in [0, 0.1) is 17.8 Å². The number of methoxy groups -OCH3 is 1. The minimum absolute atomic E-state index is 0.0172. The van der Waals surface area contributed by atoms with Crippen LogP contribution in [0.2, 0.25) is 0 Å². The molecule has 8 heteroatoms. The van der Waals surface area contributed by atoms with Crippen molar-refractivity contribution in [2.24, 2.45) is 17.8 Å². The zero-order chi connectivity index (χ0) is 30.2. The molecule has 0 aromatic heterocycles. The van der Waals surface area contributed by atoms with E-state index in [-0.39, 0.29) is 53.0 Å². The molecule has 0 spiro atoms. The molecule has 0 aromatic carbocycles. The molecule has 7 nitrogen and oxygen atoms in total. The summed E-state index contributed by atoms with van der Waals surface area (Å²) in [6.07, 6.45) is 22.1. The van der Waals surface area contributed by atoms with Crippen molar-refractivity contribution in [3.63, 3.8) is 0 Å². The second-order valence-corrected chi connectivity index (χ2v) is 13.6. The average molecular weight is 609 g/mol. The molecule has 2 heterocycles. The molecular weight excluding hydrogens is 552 g/mol. The number of carbonyl (C=O) groups is 2. The van der Waals surface area contributed by atoms with Crippen LogP contribution >= 0.6 is 11.8 Å². The Hall–Kier alpha value is -1.19. The van der Waals surface area contributed by atoms with Crippen LogP contribution in [0.3, 0.4) is 0 Å². The number of allylic oxidation sites excluding steroid dienone is 2. The van der Waals surface area contributed by atoms with Crippen molar-refractivity contribution in [1.82, 2.24) is 0 Å². The van der Waals surface area contributed by atoms with E-state index in [9.17, 15) is 9.59 Å². The topological polar surface area (TPSA) is 80.3 Å². The smallest absolute Gasteiger partial charge is 0.305 e. The van der Waals surface area contributed by atoms with Gasteiger partial charge < -0.3 is 23.7 Å². The van der Waals surface area contributed by atoms with Gasteiger partial charge in [0.25, 0.3) is 0 Å². The molecular formula is C34H56O7S. The molecule has 42 heavy (non-hydrogen) atoms. The summed E-state index contributed by atoms with van der Waals surface area (Å²) in [6.45, 7) is 7.69. The first kappa shape index (κ1) is 35.3. The Morgan fingerprint density at radius 1 is 1.02 bits per heavy atom. The minimum atomic E-state index is -0.179. The van der Waals surface area contributed by atoms with Gasteiger partial charge in [0.1, 0.15) is 0 Å². The highest BCUT2D eigenvalue weighted by Gasteiger charge is 2.44. The Balaban J connectivity index is 1.79. The Morgan fingerprint density at radius 3 is 2.40 bits per heavy atom. The number of ether oxygens (including phenoxy) is 5. The zero-order valence-electron chi connectivity index (χ0n) is 26.5. The molecule has 3 aliphatic rings. The van der Waals surface area contributed by atoms with E-state index in [1.807, 2.05) is 0 Å². The Bertz CT molecular complexity index is 834. The Morgan fingerprint density at radius 2 is 1.76 bits per heavy atom. The van der Waals surface area contributed by atoms with Crippen molar-refractivity contribution in [3.05, 3.63) is 24.3 Å². The molecule has 0 radical (unpaired) electrons. The predicted molar refractivity (Wildman–Crippen MR) is 168 cm³/mol. The number of hydrogen-bond donors (Lipinski definition) is 0. The van der Waals surface area contributed by atoms with Gasteiger partial charge >= 0.3 is 5.97 Å².